The molecule has 8 nitrogen and oxygen atoms in total. The summed E-state index contributed by atoms with van der Waals surface area (Å²) in [6.45, 7) is 11.8. The Kier molecular flexibility index (Phi) is 10.6. The van der Waals surface area contributed by atoms with Crippen LogP contribution in [0, 0.1) is 6.92 Å². The molecule has 2 atom stereocenters. The number of aryl methyl sites for hydroxylation is 1. The lowest BCUT2D eigenvalue weighted by atomic mass is 10.1. The highest BCUT2D eigenvalue weighted by Crippen LogP contribution is 2.22. The van der Waals surface area contributed by atoms with Gasteiger partial charge in [0.15, 0.2) is 6.29 Å². The van der Waals surface area contributed by atoms with E-state index in [0.717, 1.165) is 19.3 Å². The first-order chi connectivity index (χ1) is 14.2. The van der Waals surface area contributed by atoms with Crippen molar-refractivity contribution in [2.45, 2.75) is 85.2 Å². The van der Waals surface area contributed by atoms with E-state index >= 15 is 0 Å². The lowest BCUT2D eigenvalue weighted by Crippen LogP contribution is -2.45. The maximum Gasteiger partial charge on any atom is 0.408 e. The van der Waals surface area contributed by atoms with Gasteiger partial charge in [0.1, 0.15) is 17.4 Å². The fraction of sp³-hybridized carbons (Fsp3) is 0.682. The summed E-state index contributed by atoms with van der Waals surface area (Å²) in [5.41, 5.74) is 0.646. The number of nitrogens with one attached hydrogen (secondary N) is 1. The number of carbonyl (C=O) groups is 2. The van der Waals surface area contributed by atoms with Crippen molar-refractivity contribution in [3.63, 3.8) is 0 Å². The van der Waals surface area contributed by atoms with Crippen LogP contribution in [-0.2, 0) is 25.4 Å². The molecule has 1 fully saturated rings. The van der Waals surface area contributed by atoms with Crippen LogP contribution in [0.3, 0.4) is 0 Å². The first kappa shape index (κ1) is 25.7. The van der Waals surface area contributed by atoms with E-state index in [2.05, 4.69) is 10.3 Å². The molecule has 2 unspecified atom stereocenters. The summed E-state index contributed by atoms with van der Waals surface area (Å²) in [5, 5.41) is 2.55. The Bertz CT molecular complexity index is 681. The van der Waals surface area contributed by atoms with Crippen molar-refractivity contribution in [3.8, 4) is 5.75 Å². The lowest BCUT2D eigenvalue weighted by Gasteiger charge is -2.24. The molecule has 2 heterocycles. The number of methoxy groups -OCH3 is 1. The number of esters is 1. The zero-order valence-corrected chi connectivity index (χ0v) is 19.2. The third-order valence-electron chi connectivity index (χ3n) is 4.08. The number of pyridine rings is 1. The van der Waals surface area contributed by atoms with Gasteiger partial charge in [-0.25, -0.2) is 9.59 Å². The van der Waals surface area contributed by atoms with Gasteiger partial charge in [-0.2, -0.15) is 0 Å². The molecule has 1 N–H and O–H groups in total. The molecule has 0 aliphatic carbocycles. The second kappa shape index (κ2) is 12.4. The highest BCUT2D eigenvalue weighted by molar-refractivity contribution is 5.81. The molecule has 0 bridgehead atoms. The minimum atomic E-state index is -0.903. The zero-order valence-electron chi connectivity index (χ0n) is 19.2. The van der Waals surface area contributed by atoms with Crippen LogP contribution in [0.15, 0.2) is 12.1 Å². The van der Waals surface area contributed by atoms with Crippen molar-refractivity contribution >= 4 is 12.1 Å². The molecule has 170 valence electrons. The van der Waals surface area contributed by atoms with Crippen LogP contribution in [0.1, 0.15) is 65.3 Å². The molecular weight excluding hydrogens is 388 g/mol. The topological polar surface area (TPSA) is 96.0 Å². The molecule has 1 aliphatic heterocycles. The standard InChI is InChI=1S/C20H30N2O6.C2H6/c1-13-16(27-17-8-6-7-11-26-17)10-9-14(21-13)12-15(18(23)25-5)22-19(24)28-20(2,3)4;1-2/h9-10,15,17H,6-8,11-12H2,1-5H3,(H,22,24);1-2H3. The number of ether oxygens (including phenoxy) is 4. The Balaban J connectivity index is 0.00000218. The monoisotopic (exact) mass is 424 g/mol. The number of aromatic nitrogens is 1. The Morgan fingerprint density at radius 2 is 1.97 bits per heavy atom. The van der Waals surface area contributed by atoms with E-state index in [9.17, 15) is 9.59 Å². The first-order valence-corrected chi connectivity index (χ1v) is 10.5. The second-order valence-electron chi connectivity index (χ2n) is 7.73. The summed E-state index contributed by atoms with van der Waals surface area (Å²) in [4.78, 5) is 28.6. The number of hydrogen-bond acceptors (Lipinski definition) is 7. The van der Waals surface area contributed by atoms with Crippen molar-refractivity contribution in [3.05, 3.63) is 23.5 Å². The van der Waals surface area contributed by atoms with Gasteiger partial charge < -0.3 is 24.3 Å². The smallest absolute Gasteiger partial charge is 0.408 e. The number of rotatable bonds is 6. The molecule has 1 aromatic heterocycles. The highest BCUT2D eigenvalue weighted by atomic mass is 16.7. The quantitative estimate of drug-likeness (QED) is 0.691. The number of alkyl carbamates (subject to hydrolysis) is 1. The van der Waals surface area contributed by atoms with E-state index in [-0.39, 0.29) is 12.7 Å². The highest BCUT2D eigenvalue weighted by Gasteiger charge is 2.26. The van der Waals surface area contributed by atoms with Crippen molar-refractivity contribution in [1.29, 1.82) is 0 Å². The van der Waals surface area contributed by atoms with Gasteiger partial charge in [-0.1, -0.05) is 13.8 Å². The molecule has 0 spiro atoms. The van der Waals surface area contributed by atoms with E-state index in [1.165, 1.54) is 7.11 Å². The van der Waals surface area contributed by atoms with Crippen molar-refractivity contribution in [2.24, 2.45) is 0 Å². The Hall–Kier alpha value is -2.35. The summed E-state index contributed by atoms with van der Waals surface area (Å²) in [6, 6.07) is 2.66. The summed E-state index contributed by atoms with van der Waals surface area (Å²) in [6.07, 6.45) is 2.21. The third kappa shape index (κ3) is 8.98. The van der Waals surface area contributed by atoms with Gasteiger partial charge in [-0.05, 0) is 52.7 Å². The van der Waals surface area contributed by atoms with Crippen LogP contribution in [0.2, 0.25) is 0 Å². The van der Waals surface area contributed by atoms with Gasteiger partial charge in [0.05, 0.1) is 19.4 Å². The molecule has 1 aliphatic rings. The van der Waals surface area contributed by atoms with E-state index in [1.807, 2.05) is 20.8 Å². The minimum Gasteiger partial charge on any atom is -0.467 e. The zero-order chi connectivity index (χ0) is 22.7. The normalized spacial score (nSPS) is 17.1. The molecule has 0 radical (unpaired) electrons. The van der Waals surface area contributed by atoms with Gasteiger partial charge in [-0.15, -0.1) is 0 Å². The Morgan fingerprint density at radius 1 is 1.27 bits per heavy atom. The van der Waals surface area contributed by atoms with Crippen LogP contribution in [-0.4, -0.2) is 48.7 Å². The van der Waals surface area contributed by atoms with E-state index in [0.29, 0.717) is 23.7 Å². The summed E-state index contributed by atoms with van der Waals surface area (Å²) in [7, 11) is 1.27. The van der Waals surface area contributed by atoms with Gasteiger partial charge in [0, 0.05) is 18.5 Å². The van der Waals surface area contributed by atoms with Crippen LogP contribution < -0.4 is 10.1 Å². The second-order valence-corrected chi connectivity index (χ2v) is 7.73. The Labute approximate surface area is 179 Å². The fourth-order valence-corrected chi connectivity index (χ4v) is 2.78. The molecule has 1 amide bonds. The molecule has 30 heavy (non-hydrogen) atoms. The van der Waals surface area contributed by atoms with Crippen molar-refractivity contribution in [2.75, 3.05) is 13.7 Å². The molecule has 2 rings (SSSR count). The van der Waals surface area contributed by atoms with Gasteiger partial charge >= 0.3 is 12.1 Å². The average Bonchev–Trinajstić information content (AvgIpc) is 2.70. The first-order valence-electron chi connectivity index (χ1n) is 10.5. The molecule has 1 aromatic rings. The van der Waals surface area contributed by atoms with Gasteiger partial charge in [0.25, 0.3) is 0 Å². The maximum atomic E-state index is 12.1. The van der Waals surface area contributed by atoms with Crippen LogP contribution >= 0.6 is 0 Å². The molecule has 8 heteroatoms. The van der Waals surface area contributed by atoms with Crippen LogP contribution in [0.25, 0.3) is 0 Å². The number of nitrogens with zero attached hydrogens (tertiary/aromatic N) is 1. The van der Waals surface area contributed by atoms with E-state index in [1.54, 1.807) is 32.9 Å². The summed E-state index contributed by atoms with van der Waals surface area (Å²) < 4.78 is 21.5. The Morgan fingerprint density at radius 3 is 2.50 bits per heavy atom. The third-order valence-corrected chi connectivity index (χ3v) is 4.08. The average molecular weight is 425 g/mol. The predicted molar refractivity (Wildman–Crippen MR) is 113 cm³/mol. The largest absolute Gasteiger partial charge is 0.467 e. The number of hydrogen-bond donors (Lipinski definition) is 1. The van der Waals surface area contributed by atoms with Crippen LogP contribution in [0.5, 0.6) is 5.75 Å². The fourth-order valence-electron chi connectivity index (χ4n) is 2.78. The van der Waals surface area contributed by atoms with Crippen molar-refractivity contribution < 1.29 is 28.5 Å². The minimum absolute atomic E-state index is 0.174. The molecule has 0 aromatic carbocycles. The molecular formula is C22H36N2O6. The van der Waals surface area contributed by atoms with E-state index in [4.69, 9.17) is 18.9 Å². The lowest BCUT2D eigenvalue weighted by molar-refractivity contribution is -0.143. The number of carbonyl (C=O) groups excluding carboxylic acids is 2. The van der Waals surface area contributed by atoms with Gasteiger partial charge in [-0.3, -0.25) is 4.98 Å². The van der Waals surface area contributed by atoms with Crippen molar-refractivity contribution in [1.82, 2.24) is 10.3 Å². The maximum absolute atomic E-state index is 12.1. The summed E-state index contributed by atoms with van der Waals surface area (Å²) in [5.74, 6) is 0.0756. The summed E-state index contributed by atoms with van der Waals surface area (Å²) >= 11 is 0. The van der Waals surface area contributed by atoms with Crippen LogP contribution in [0.4, 0.5) is 4.79 Å². The van der Waals surface area contributed by atoms with E-state index < -0.39 is 23.7 Å². The SMILES string of the molecule is CC.COC(=O)C(Cc1ccc(OC2CCCCO2)c(C)n1)NC(=O)OC(C)(C)C. The molecule has 1 saturated heterocycles. The number of amides is 1. The van der Waals surface area contributed by atoms with Gasteiger partial charge in [0.2, 0.25) is 0 Å². The molecule has 0 saturated carbocycles. The predicted octanol–water partition coefficient (Wildman–Crippen LogP) is 3.93.